The first kappa shape index (κ1) is 18.6. The van der Waals surface area contributed by atoms with Crippen molar-refractivity contribution in [3.63, 3.8) is 0 Å². The summed E-state index contributed by atoms with van der Waals surface area (Å²) in [6, 6.07) is 19.0. The second-order valence-corrected chi connectivity index (χ2v) is 7.39. The summed E-state index contributed by atoms with van der Waals surface area (Å²) >= 11 is 1.85. The highest BCUT2D eigenvalue weighted by Gasteiger charge is 2.03. The van der Waals surface area contributed by atoms with E-state index in [0.717, 1.165) is 24.5 Å². The summed E-state index contributed by atoms with van der Waals surface area (Å²) in [4.78, 5) is 11.9. The third-order valence-corrected chi connectivity index (χ3v) is 5.00. The van der Waals surface area contributed by atoms with Crippen molar-refractivity contribution in [2.75, 3.05) is 12.3 Å². The van der Waals surface area contributed by atoms with Crippen LogP contribution >= 0.6 is 11.8 Å². The lowest BCUT2D eigenvalue weighted by Gasteiger charge is -2.08. The topological polar surface area (TPSA) is 29.1 Å². The zero-order valence-electron chi connectivity index (χ0n) is 14.6. The van der Waals surface area contributed by atoms with Gasteiger partial charge >= 0.3 is 0 Å². The van der Waals surface area contributed by atoms with Gasteiger partial charge in [0.15, 0.2) is 0 Å². The van der Waals surface area contributed by atoms with Crippen molar-refractivity contribution >= 4 is 17.7 Å². The number of carbonyl (C=O) groups excluding carboxylic acids is 1. The van der Waals surface area contributed by atoms with Crippen LogP contribution in [0.3, 0.4) is 0 Å². The molecule has 0 spiro atoms. The van der Waals surface area contributed by atoms with Crippen LogP contribution in [0.1, 0.15) is 42.9 Å². The number of carbonyl (C=O) groups is 1. The minimum absolute atomic E-state index is 0.142. The van der Waals surface area contributed by atoms with E-state index >= 15 is 0 Å². The van der Waals surface area contributed by atoms with Crippen molar-refractivity contribution in [2.24, 2.45) is 0 Å². The molecule has 0 aliphatic heterocycles. The van der Waals surface area contributed by atoms with Crippen LogP contribution in [0.15, 0.2) is 54.6 Å². The molecule has 0 heterocycles. The fourth-order valence-electron chi connectivity index (χ4n) is 2.44. The number of amides is 1. The third kappa shape index (κ3) is 6.79. The predicted molar refractivity (Wildman–Crippen MR) is 104 cm³/mol. The molecule has 0 fully saturated rings. The molecule has 0 bridgehead atoms. The van der Waals surface area contributed by atoms with Crippen LogP contribution in [0.25, 0.3) is 0 Å². The Balaban J connectivity index is 1.58. The van der Waals surface area contributed by atoms with Gasteiger partial charge in [0.25, 0.3) is 0 Å². The minimum Gasteiger partial charge on any atom is -0.355 e. The zero-order chi connectivity index (χ0) is 17.2. The largest absolute Gasteiger partial charge is 0.355 e. The summed E-state index contributed by atoms with van der Waals surface area (Å²) < 4.78 is 0. The summed E-state index contributed by atoms with van der Waals surface area (Å²) in [6.07, 6.45) is 1.37. The Bertz CT molecular complexity index is 607. The fourth-order valence-corrected chi connectivity index (χ4v) is 3.26. The quantitative estimate of drug-likeness (QED) is 0.664. The number of thioether (sulfide) groups is 1. The molecule has 1 amide bonds. The Morgan fingerprint density at radius 1 is 1.00 bits per heavy atom. The van der Waals surface area contributed by atoms with E-state index in [1.807, 2.05) is 17.8 Å². The molecule has 24 heavy (non-hydrogen) atoms. The molecule has 0 atom stereocenters. The lowest BCUT2D eigenvalue weighted by Crippen LogP contribution is -2.25. The lowest BCUT2D eigenvalue weighted by molar-refractivity contribution is -0.120. The number of rotatable bonds is 9. The molecule has 0 aliphatic carbocycles. The van der Waals surface area contributed by atoms with Gasteiger partial charge in [-0.05, 0) is 29.0 Å². The summed E-state index contributed by atoms with van der Waals surface area (Å²) in [5, 5.41) is 3.01. The second kappa shape index (κ2) is 10.2. The summed E-state index contributed by atoms with van der Waals surface area (Å²) in [6.45, 7) is 5.12. The molecule has 0 aromatic heterocycles. The van der Waals surface area contributed by atoms with Crippen molar-refractivity contribution < 1.29 is 4.79 Å². The monoisotopic (exact) mass is 341 g/mol. The average Bonchev–Trinajstić information content (AvgIpc) is 2.61. The number of aryl methyl sites for hydroxylation is 1. The molecule has 3 heteroatoms. The van der Waals surface area contributed by atoms with Gasteiger partial charge in [0.1, 0.15) is 0 Å². The maximum absolute atomic E-state index is 11.9. The molecule has 2 aromatic rings. The zero-order valence-corrected chi connectivity index (χ0v) is 15.4. The molecule has 0 aliphatic rings. The smallest absolute Gasteiger partial charge is 0.220 e. The van der Waals surface area contributed by atoms with Gasteiger partial charge < -0.3 is 5.32 Å². The molecule has 2 aromatic carbocycles. The van der Waals surface area contributed by atoms with E-state index in [0.29, 0.717) is 12.3 Å². The summed E-state index contributed by atoms with van der Waals surface area (Å²) in [5.41, 5.74) is 3.91. The van der Waals surface area contributed by atoms with Crippen LogP contribution < -0.4 is 5.32 Å². The van der Waals surface area contributed by atoms with Crippen LogP contribution in [0.2, 0.25) is 0 Å². The Labute approximate surface area is 150 Å². The first-order valence-electron chi connectivity index (χ1n) is 8.62. The molecule has 2 nitrogen and oxygen atoms in total. The van der Waals surface area contributed by atoms with Gasteiger partial charge in [-0.15, -0.1) is 0 Å². The van der Waals surface area contributed by atoms with Crippen molar-refractivity contribution in [2.45, 2.75) is 38.4 Å². The number of hydrogen-bond donors (Lipinski definition) is 1. The molecule has 1 N–H and O–H groups in total. The van der Waals surface area contributed by atoms with Gasteiger partial charge in [0, 0.05) is 24.5 Å². The van der Waals surface area contributed by atoms with Gasteiger partial charge in [0.2, 0.25) is 5.91 Å². The highest BCUT2D eigenvalue weighted by Crippen LogP contribution is 2.15. The van der Waals surface area contributed by atoms with Crippen molar-refractivity contribution in [1.82, 2.24) is 5.32 Å². The highest BCUT2D eigenvalue weighted by atomic mass is 32.2. The van der Waals surface area contributed by atoms with E-state index in [4.69, 9.17) is 0 Å². The Morgan fingerprint density at radius 2 is 1.71 bits per heavy atom. The Kier molecular flexibility index (Phi) is 7.90. The summed E-state index contributed by atoms with van der Waals surface area (Å²) in [5.74, 6) is 2.64. The van der Waals surface area contributed by atoms with Crippen molar-refractivity contribution in [3.05, 3.63) is 71.3 Å². The van der Waals surface area contributed by atoms with E-state index in [-0.39, 0.29) is 5.91 Å². The minimum atomic E-state index is 0.142. The standard InChI is InChI=1S/C21H27NOS/c1-17(2)20-11-8-18(9-12-20)10-13-21(23)22-14-15-24-16-19-6-4-3-5-7-19/h3-9,11-12,17H,10,13-16H2,1-2H3,(H,22,23). The number of nitrogens with one attached hydrogen (secondary N) is 1. The fraction of sp³-hybridized carbons (Fsp3) is 0.381. The van der Waals surface area contributed by atoms with Crippen molar-refractivity contribution in [1.29, 1.82) is 0 Å². The number of benzene rings is 2. The molecular formula is C21H27NOS. The molecule has 128 valence electrons. The molecule has 0 saturated carbocycles. The van der Waals surface area contributed by atoms with Gasteiger partial charge in [0.05, 0.1) is 0 Å². The first-order chi connectivity index (χ1) is 11.6. The van der Waals surface area contributed by atoms with Gasteiger partial charge in [-0.2, -0.15) is 11.8 Å². The van der Waals surface area contributed by atoms with E-state index in [9.17, 15) is 4.79 Å². The highest BCUT2D eigenvalue weighted by molar-refractivity contribution is 7.98. The molecule has 2 rings (SSSR count). The Hall–Kier alpha value is -1.74. The molecule has 0 radical (unpaired) electrons. The predicted octanol–water partition coefficient (Wildman–Crippen LogP) is 4.79. The average molecular weight is 342 g/mol. The van der Waals surface area contributed by atoms with Crippen LogP contribution in [-0.2, 0) is 17.0 Å². The second-order valence-electron chi connectivity index (χ2n) is 6.28. The van der Waals surface area contributed by atoms with Crippen LogP contribution in [0.4, 0.5) is 0 Å². The normalized spacial score (nSPS) is 10.8. The maximum Gasteiger partial charge on any atom is 0.220 e. The van der Waals surface area contributed by atoms with E-state index < -0.39 is 0 Å². The van der Waals surface area contributed by atoms with Crippen LogP contribution in [0, 0.1) is 0 Å². The van der Waals surface area contributed by atoms with E-state index in [1.165, 1.54) is 16.7 Å². The van der Waals surface area contributed by atoms with Gasteiger partial charge in [-0.3, -0.25) is 4.79 Å². The number of hydrogen-bond acceptors (Lipinski definition) is 2. The van der Waals surface area contributed by atoms with E-state index in [2.05, 4.69) is 67.7 Å². The Morgan fingerprint density at radius 3 is 2.38 bits per heavy atom. The molecule has 0 unspecified atom stereocenters. The van der Waals surface area contributed by atoms with Gasteiger partial charge in [-0.25, -0.2) is 0 Å². The summed E-state index contributed by atoms with van der Waals surface area (Å²) in [7, 11) is 0. The van der Waals surface area contributed by atoms with E-state index in [1.54, 1.807) is 0 Å². The van der Waals surface area contributed by atoms with Gasteiger partial charge in [-0.1, -0.05) is 68.4 Å². The SMILES string of the molecule is CC(C)c1ccc(CCC(=O)NCCSCc2ccccc2)cc1. The van der Waals surface area contributed by atoms with Crippen LogP contribution in [0.5, 0.6) is 0 Å². The first-order valence-corrected chi connectivity index (χ1v) is 9.78. The van der Waals surface area contributed by atoms with Crippen LogP contribution in [-0.4, -0.2) is 18.2 Å². The molecular weight excluding hydrogens is 314 g/mol. The third-order valence-electron chi connectivity index (χ3n) is 3.97. The lowest BCUT2D eigenvalue weighted by atomic mass is 10.0. The van der Waals surface area contributed by atoms with Crippen molar-refractivity contribution in [3.8, 4) is 0 Å². The maximum atomic E-state index is 11.9. The molecule has 0 saturated heterocycles.